The van der Waals surface area contributed by atoms with Crippen LogP contribution in [0.2, 0.25) is 0 Å². The van der Waals surface area contributed by atoms with Gasteiger partial charge < -0.3 is 19.5 Å². The van der Waals surface area contributed by atoms with E-state index in [0.29, 0.717) is 26.2 Å². The molecule has 0 aliphatic heterocycles. The summed E-state index contributed by atoms with van der Waals surface area (Å²) in [6.07, 6.45) is 3.69. The summed E-state index contributed by atoms with van der Waals surface area (Å²) in [6, 6.07) is 5.05. The second-order valence-corrected chi connectivity index (χ2v) is 4.64. The fourth-order valence-corrected chi connectivity index (χ4v) is 1.79. The Morgan fingerprint density at radius 3 is 3.05 bits per heavy atom. The van der Waals surface area contributed by atoms with E-state index < -0.39 is 0 Å². The third-order valence-corrected chi connectivity index (χ3v) is 2.88. The van der Waals surface area contributed by atoms with Crippen LogP contribution < -0.4 is 10.7 Å². The molecule has 6 nitrogen and oxygen atoms in total. The largest absolute Gasteiger partial charge is 0.467 e. The number of carbonyl (C=O) groups is 1. The molecule has 21 heavy (non-hydrogen) atoms. The predicted molar refractivity (Wildman–Crippen MR) is 77.1 cm³/mol. The Bertz CT molecular complexity index is 631. The quantitative estimate of drug-likeness (QED) is 0.759. The Kier molecular flexibility index (Phi) is 5.34. The molecule has 0 spiro atoms. The van der Waals surface area contributed by atoms with Crippen LogP contribution in [0.25, 0.3) is 0 Å². The fourth-order valence-electron chi connectivity index (χ4n) is 1.79. The lowest BCUT2D eigenvalue weighted by Gasteiger charge is -2.05. The molecule has 1 amide bonds. The van der Waals surface area contributed by atoms with Crippen molar-refractivity contribution in [2.45, 2.75) is 20.0 Å². The van der Waals surface area contributed by atoms with Gasteiger partial charge in [-0.1, -0.05) is 0 Å². The van der Waals surface area contributed by atoms with Crippen LogP contribution in [-0.2, 0) is 11.3 Å². The monoisotopic (exact) mass is 290 g/mol. The SMILES string of the molecule is Cc1cc(=O)c(C(=O)NCCCOCc2ccco2)c[nH]1. The van der Waals surface area contributed by atoms with Gasteiger partial charge in [0.1, 0.15) is 17.9 Å². The third-order valence-electron chi connectivity index (χ3n) is 2.88. The van der Waals surface area contributed by atoms with Gasteiger partial charge >= 0.3 is 0 Å². The van der Waals surface area contributed by atoms with Crippen molar-refractivity contribution in [2.75, 3.05) is 13.2 Å². The lowest BCUT2D eigenvalue weighted by atomic mass is 10.2. The maximum atomic E-state index is 11.8. The smallest absolute Gasteiger partial charge is 0.256 e. The second-order valence-electron chi connectivity index (χ2n) is 4.64. The molecule has 2 rings (SSSR count). The highest BCUT2D eigenvalue weighted by atomic mass is 16.5. The van der Waals surface area contributed by atoms with E-state index in [9.17, 15) is 9.59 Å². The first-order valence-corrected chi connectivity index (χ1v) is 6.74. The van der Waals surface area contributed by atoms with E-state index in [0.717, 1.165) is 11.5 Å². The van der Waals surface area contributed by atoms with E-state index in [4.69, 9.17) is 9.15 Å². The molecule has 6 heteroatoms. The second kappa shape index (κ2) is 7.44. The van der Waals surface area contributed by atoms with E-state index in [1.807, 2.05) is 6.07 Å². The van der Waals surface area contributed by atoms with Crippen molar-refractivity contribution in [3.63, 3.8) is 0 Å². The van der Waals surface area contributed by atoms with Crippen LogP contribution in [0.15, 0.2) is 39.9 Å². The van der Waals surface area contributed by atoms with Crippen LogP contribution in [0, 0.1) is 6.92 Å². The van der Waals surface area contributed by atoms with Gasteiger partial charge in [0.2, 0.25) is 0 Å². The van der Waals surface area contributed by atoms with E-state index in [1.165, 1.54) is 12.3 Å². The number of rotatable bonds is 7. The minimum Gasteiger partial charge on any atom is -0.467 e. The molecule has 0 atom stereocenters. The molecule has 0 saturated heterocycles. The van der Waals surface area contributed by atoms with Crippen molar-refractivity contribution >= 4 is 5.91 Å². The van der Waals surface area contributed by atoms with Crippen molar-refractivity contribution in [3.05, 3.63) is 57.9 Å². The average molecular weight is 290 g/mol. The number of carbonyl (C=O) groups excluding carboxylic acids is 1. The molecule has 2 N–H and O–H groups in total. The number of amides is 1. The van der Waals surface area contributed by atoms with Gasteiger partial charge in [-0.15, -0.1) is 0 Å². The zero-order valence-electron chi connectivity index (χ0n) is 11.8. The van der Waals surface area contributed by atoms with Gasteiger partial charge in [-0.2, -0.15) is 0 Å². The summed E-state index contributed by atoms with van der Waals surface area (Å²) in [6.45, 7) is 3.13. The Labute approximate surface area is 122 Å². The molecule has 2 aromatic heterocycles. The van der Waals surface area contributed by atoms with Crippen molar-refractivity contribution in [1.82, 2.24) is 10.3 Å². The Hall–Kier alpha value is -2.34. The average Bonchev–Trinajstić information content (AvgIpc) is 2.95. The maximum Gasteiger partial charge on any atom is 0.256 e. The van der Waals surface area contributed by atoms with Gasteiger partial charge in [-0.25, -0.2) is 0 Å². The number of aromatic amines is 1. The van der Waals surface area contributed by atoms with Gasteiger partial charge in [0.05, 0.1) is 6.26 Å². The lowest BCUT2D eigenvalue weighted by molar-refractivity contribution is 0.0916. The van der Waals surface area contributed by atoms with Crippen LogP contribution in [0.3, 0.4) is 0 Å². The first kappa shape index (κ1) is 15.1. The first-order valence-electron chi connectivity index (χ1n) is 6.74. The van der Waals surface area contributed by atoms with Crippen LogP contribution in [0.5, 0.6) is 0 Å². The number of aryl methyl sites for hydroxylation is 1. The number of hydrogen-bond donors (Lipinski definition) is 2. The number of furan rings is 1. The summed E-state index contributed by atoms with van der Waals surface area (Å²) in [4.78, 5) is 26.3. The molecule has 0 fully saturated rings. The molecule has 2 heterocycles. The summed E-state index contributed by atoms with van der Waals surface area (Å²) in [7, 11) is 0. The minimum absolute atomic E-state index is 0.122. The highest BCUT2D eigenvalue weighted by Gasteiger charge is 2.09. The summed E-state index contributed by atoms with van der Waals surface area (Å²) in [5.74, 6) is 0.396. The van der Waals surface area contributed by atoms with Gasteiger partial charge in [0.25, 0.3) is 5.91 Å². The predicted octanol–water partition coefficient (Wildman–Crippen LogP) is 1.61. The molecule has 0 aromatic carbocycles. The number of nitrogens with one attached hydrogen (secondary N) is 2. The Morgan fingerprint density at radius 1 is 1.48 bits per heavy atom. The number of aromatic nitrogens is 1. The van der Waals surface area contributed by atoms with Crippen LogP contribution in [-0.4, -0.2) is 24.0 Å². The molecule has 0 unspecified atom stereocenters. The van der Waals surface area contributed by atoms with Gasteiger partial charge in [0, 0.05) is 31.1 Å². The van der Waals surface area contributed by atoms with Crippen LogP contribution in [0.1, 0.15) is 28.2 Å². The molecule has 0 aliphatic carbocycles. The van der Waals surface area contributed by atoms with E-state index in [1.54, 1.807) is 19.3 Å². The Morgan fingerprint density at radius 2 is 2.33 bits per heavy atom. The normalized spacial score (nSPS) is 10.5. The summed E-state index contributed by atoms with van der Waals surface area (Å²) >= 11 is 0. The summed E-state index contributed by atoms with van der Waals surface area (Å²) < 4.78 is 10.5. The highest BCUT2D eigenvalue weighted by Crippen LogP contribution is 2.01. The summed E-state index contributed by atoms with van der Waals surface area (Å²) in [5, 5.41) is 2.69. The highest BCUT2D eigenvalue weighted by molar-refractivity contribution is 5.93. The molecular formula is C15H18N2O4. The van der Waals surface area contributed by atoms with E-state index in [2.05, 4.69) is 10.3 Å². The molecule has 0 bridgehead atoms. The molecule has 0 aliphatic rings. The van der Waals surface area contributed by atoms with Crippen molar-refractivity contribution in [2.24, 2.45) is 0 Å². The van der Waals surface area contributed by atoms with Gasteiger partial charge in [-0.3, -0.25) is 9.59 Å². The zero-order valence-corrected chi connectivity index (χ0v) is 11.8. The third kappa shape index (κ3) is 4.61. The van der Waals surface area contributed by atoms with Crippen LogP contribution in [0.4, 0.5) is 0 Å². The Balaban J connectivity index is 1.66. The minimum atomic E-state index is -0.373. The first-order chi connectivity index (χ1) is 10.2. The molecule has 112 valence electrons. The summed E-state index contributed by atoms with van der Waals surface area (Å²) in [5.41, 5.74) is 0.567. The fraction of sp³-hybridized carbons (Fsp3) is 0.333. The van der Waals surface area contributed by atoms with Gasteiger partial charge in [-0.05, 0) is 25.5 Å². The van der Waals surface area contributed by atoms with Crippen molar-refractivity contribution in [3.8, 4) is 0 Å². The molecule has 0 saturated carbocycles. The lowest BCUT2D eigenvalue weighted by Crippen LogP contribution is -2.30. The number of hydrogen-bond acceptors (Lipinski definition) is 4. The van der Waals surface area contributed by atoms with Gasteiger partial charge in [0.15, 0.2) is 5.43 Å². The number of H-pyrrole nitrogens is 1. The molecule has 0 radical (unpaired) electrons. The van der Waals surface area contributed by atoms with Crippen LogP contribution >= 0.6 is 0 Å². The molecule has 2 aromatic rings. The zero-order chi connectivity index (χ0) is 15.1. The topological polar surface area (TPSA) is 84.3 Å². The van der Waals surface area contributed by atoms with E-state index >= 15 is 0 Å². The standard InChI is InChI=1S/C15H18N2O4/c1-11-8-14(18)13(9-17-11)15(19)16-5-3-6-20-10-12-4-2-7-21-12/h2,4,7-9H,3,5-6,10H2,1H3,(H,16,19)(H,17,18). The van der Waals surface area contributed by atoms with Crippen molar-refractivity contribution < 1.29 is 13.9 Å². The maximum absolute atomic E-state index is 11.8. The number of ether oxygens (including phenoxy) is 1. The molecular weight excluding hydrogens is 272 g/mol. The van der Waals surface area contributed by atoms with Crippen molar-refractivity contribution in [1.29, 1.82) is 0 Å². The number of pyridine rings is 1. The van der Waals surface area contributed by atoms with E-state index in [-0.39, 0.29) is 16.9 Å².